The highest BCUT2D eigenvalue weighted by atomic mass is 16.5. The fourth-order valence-corrected chi connectivity index (χ4v) is 3.08. The van der Waals surface area contributed by atoms with Crippen molar-refractivity contribution in [3.8, 4) is 46.9 Å². The highest BCUT2D eigenvalue weighted by Gasteiger charge is 2.12. The standard InChI is InChI=1S/C25H14N4O2/c26-15-18-11-19(16-27)13-22(12-18)30-20-5-3-6-21(14-20)31-25-8-4-7-24(23(25)17-28)29-9-1-2-10-29/h1-14H. The monoisotopic (exact) mass is 402 g/mol. The van der Waals surface area contributed by atoms with Crippen LogP contribution >= 0.6 is 0 Å². The number of aromatic nitrogens is 1. The van der Waals surface area contributed by atoms with Crippen LogP contribution in [0.3, 0.4) is 0 Å². The van der Waals surface area contributed by atoms with Crippen LogP contribution in [0.1, 0.15) is 16.7 Å². The van der Waals surface area contributed by atoms with Gasteiger partial charge in [0, 0.05) is 18.5 Å². The van der Waals surface area contributed by atoms with Crippen molar-refractivity contribution in [3.63, 3.8) is 0 Å². The van der Waals surface area contributed by atoms with Gasteiger partial charge in [-0.2, -0.15) is 15.8 Å². The zero-order valence-corrected chi connectivity index (χ0v) is 16.2. The average Bonchev–Trinajstić information content (AvgIpc) is 3.33. The van der Waals surface area contributed by atoms with E-state index in [9.17, 15) is 5.26 Å². The van der Waals surface area contributed by atoms with Crippen molar-refractivity contribution in [1.29, 1.82) is 15.8 Å². The molecule has 0 radical (unpaired) electrons. The lowest BCUT2D eigenvalue weighted by atomic mass is 10.1. The van der Waals surface area contributed by atoms with Crippen molar-refractivity contribution >= 4 is 0 Å². The summed E-state index contributed by atoms with van der Waals surface area (Å²) >= 11 is 0. The molecule has 4 aromatic rings. The molecular weight excluding hydrogens is 388 g/mol. The number of benzene rings is 3. The summed E-state index contributed by atoms with van der Waals surface area (Å²) in [6.45, 7) is 0. The number of hydrogen-bond donors (Lipinski definition) is 0. The zero-order chi connectivity index (χ0) is 21.6. The van der Waals surface area contributed by atoms with Crippen LogP contribution in [-0.2, 0) is 0 Å². The van der Waals surface area contributed by atoms with Gasteiger partial charge in [-0.15, -0.1) is 0 Å². The number of nitriles is 3. The molecule has 0 atom stereocenters. The number of hydrogen-bond acceptors (Lipinski definition) is 5. The van der Waals surface area contributed by atoms with Crippen LogP contribution < -0.4 is 9.47 Å². The summed E-state index contributed by atoms with van der Waals surface area (Å²) in [5.41, 5.74) is 1.80. The SMILES string of the molecule is N#Cc1cc(C#N)cc(Oc2cccc(Oc3cccc(-n4cccc4)c3C#N)c2)c1. The van der Waals surface area contributed by atoms with Gasteiger partial charge in [-0.3, -0.25) is 0 Å². The van der Waals surface area contributed by atoms with Crippen LogP contribution in [0.4, 0.5) is 0 Å². The molecule has 0 saturated carbocycles. The van der Waals surface area contributed by atoms with Crippen molar-refractivity contribution in [2.45, 2.75) is 0 Å². The Labute approximate surface area is 179 Å². The molecule has 1 aromatic heterocycles. The van der Waals surface area contributed by atoms with E-state index in [0.29, 0.717) is 39.7 Å². The first-order chi connectivity index (χ1) is 15.2. The van der Waals surface area contributed by atoms with Gasteiger partial charge in [0.15, 0.2) is 0 Å². The average molecular weight is 402 g/mol. The first-order valence-electron chi connectivity index (χ1n) is 9.27. The van der Waals surface area contributed by atoms with Crippen LogP contribution in [-0.4, -0.2) is 4.57 Å². The van der Waals surface area contributed by atoms with Gasteiger partial charge in [-0.05, 0) is 54.6 Å². The van der Waals surface area contributed by atoms with E-state index >= 15 is 0 Å². The molecular formula is C25H14N4O2. The maximum atomic E-state index is 9.70. The summed E-state index contributed by atoms with van der Waals surface area (Å²) in [4.78, 5) is 0. The van der Waals surface area contributed by atoms with Crippen molar-refractivity contribution in [3.05, 3.63) is 102 Å². The third kappa shape index (κ3) is 4.22. The quantitative estimate of drug-likeness (QED) is 0.428. The Bertz CT molecular complexity index is 1340. The predicted octanol–water partition coefficient (Wildman–Crippen LogP) is 5.68. The molecule has 0 aliphatic carbocycles. The largest absolute Gasteiger partial charge is 0.457 e. The Kier molecular flexibility index (Phi) is 5.35. The van der Waals surface area contributed by atoms with E-state index in [1.807, 2.05) is 53.4 Å². The third-order valence-electron chi connectivity index (χ3n) is 4.43. The number of ether oxygens (including phenoxy) is 2. The van der Waals surface area contributed by atoms with Gasteiger partial charge in [-0.1, -0.05) is 12.1 Å². The molecule has 6 heteroatoms. The fraction of sp³-hybridized carbons (Fsp3) is 0. The predicted molar refractivity (Wildman–Crippen MR) is 113 cm³/mol. The van der Waals surface area contributed by atoms with E-state index in [0.717, 1.165) is 5.69 Å². The molecule has 0 N–H and O–H groups in total. The summed E-state index contributed by atoms with van der Waals surface area (Å²) in [5.74, 6) is 1.75. The molecule has 0 aliphatic heterocycles. The number of rotatable bonds is 5. The van der Waals surface area contributed by atoms with Crippen LogP contribution in [0.15, 0.2) is 85.2 Å². The van der Waals surface area contributed by atoms with E-state index in [-0.39, 0.29) is 0 Å². The van der Waals surface area contributed by atoms with E-state index in [4.69, 9.17) is 20.0 Å². The lowest BCUT2D eigenvalue weighted by molar-refractivity contribution is 0.459. The molecule has 3 aromatic carbocycles. The second-order valence-corrected chi connectivity index (χ2v) is 6.50. The Balaban J connectivity index is 1.62. The molecule has 6 nitrogen and oxygen atoms in total. The Hall–Kier alpha value is -4.99. The minimum atomic E-state index is 0.335. The molecule has 0 bridgehead atoms. The Morgan fingerprint density at radius 3 is 1.90 bits per heavy atom. The molecule has 31 heavy (non-hydrogen) atoms. The van der Waals surface area contributed by atoms with Gasteiger partial charge in [-0.25, -0.2) is 0 Å². The maximum absolute atomic E-state index is 9.70. The molecule has 0 fully saturated rings. The minimum absolute atomic E-state index is 0.335. The van der Waals surface area contributed by atoms with Crippen molar-refractivity contribution in [2.24, 2.45) is 0 Å². The Morgan fingerprint density at radius 1 is 0.613 bits per heavy atom. The van der Waals surface area contributed by atoms with Gasteiger partial charge in [0.05, 0.1) is 29.0 Å². The zero-order valence-electron chi connectivity index (χ0n) is 16.2. The molecule has 146 valence electrons. The number of nitrogens with zero attached hydrogens (tertiary/aromatic N) is 4. The van der Waals surface area contributed by atoms with E-state index < -0.39 is 0 Å². The van der Waals surface area contributed by atoms with Gasteiger partial charge in [0.1, 0.15) is 34.6 Å². The van der Waals surface area contributed by atoms with Gasteiger partial charge in [0.25, 0.3) is 0 Å². The fourth-order valence-electron chi connectivity index (χ4n) is 3.08. The topological polar surface area (TPSA) is 94.8 Å². The molecule has 0 aliphatic rings. The first kappa shape index (κ1) is 19.3. The van der Waals surface area contributed by atoms with Gasteiger partial charge in [0.2, 0.25) is 0 Å². The molecule has 0 unspecified atom stereocenters. The summed E-state index contributed by atoms with van der Waals surface area (Å²) in [6.07, 6.45) is 3.72. The summed E-state index contributed by atoms with van der Waals surface area (Å²) in [6, 6.07) is 26.9. The first-order valence-corrected chi connectivity index (χ1v) is 9.27. The van der Waals surface area contributed by atoms with E-state index in [1.165, 1.54) is 6.07 Å². The van der Waals surface area contributed by atoms with Crippen LogP contribution in [0.2, 0.25) is 0 Å². The van der Waals surface area contributed by atoms with E-state index in [1.54, 1.807) is 42.5 Å². The maximum Gasteiger partial charge on any atom is 0.147 e. The van der Waals surface area contributed by atoms with Gasteiger partial charge >= 0.3 is 0 Å². The molecule has 4 rings (SSSR count). The van der Waals surface area contributed by atoms with Crippen molar-refractivity contribution in [1.82, 2.24) is 4.57 Å². The molecule has 0 amide bonds. The second-order valence-electron chi connectivity index (χ2n) is 6.50. The summed E-state index contributed by atoms with van der Waals surface area (Å²) < 4.78 is 13.7. The molecule has 0 spiro atoms. The lowest BCUT2D eigenvalue weighted by Gasteiger charge is -2.13. The molecule has 0 saturated heterocycles. The van der Waals surface area contributed by atoms with Crippen molar-refractivity contribution in [2.75, 3.05) is 0 Å². The second kappa shape index (κ2) is 8.57. The van der Waals surface area contributed by atoms with Crippen LogP contribution in [0.5, 0.6) is 23.0 Å². The lowest BCUT2D eigenvalue weighted by Crippen LogP contribution is -1.97. The highest BCUT2D eigenvalue weighted by Crippen LogP contribution is 2.32. The van der Waals surface area contributed by atoms with Crippen LogP contribution in [0, 0.1) is 34.0 Å². The Morgan fingerprint density at radius 2 is 1.26 bits per heavy atom. The highest BCUT2D eigenvalue weighted by molar-refractivity contribution is 5.58. The molecule has 1 heterocycles. The minimum Gasteiger partial charge on any atom is -0.457 e. The van der Waals surface area contributed by atoms with E-state index in [2.05, 4.69) is 6.07 Å². The van der Waals surface area contributed by atoms with Crippen molar-refractivity contribution < 1.29 is 9.47 Å². The summed E-state index contributed by atoms with van der Waals surface area (Å²) in [5, 5.41) is 28.0. The summed E-state index contributed by atoms with van der Waals surface area (Å²) in [7, 11) is 0. The van der Waals surface area contributed by atoms with Gasteiger partial charge < -0.3 is 14.0 Å². The smallest absolute Gasteiger partial charge is 0.147 e. The van der Waals surface area contributed by atoms with Crippen LogP contribution in [0.25, 0.3) is 5.69 Å². The normalized spacial score (nSPS) is 9.84. The third-order valence-corrected chi connectivity index (χ3v) is 4.43.